The SMILES string of the molecule is C[C@H]1C[C@@H](n2ccc(=O)[nH]c2=O)O[C@@H]1CO.C[C@H]1C[C@H](n2ccc(=O)[nH]c2=O)O[C@@H]1CO. The highest BCUT2D eigenvalue weighted by Crippen LogP contribution is 2.32. The van der Waals surface area contributed by atoms with Crippen molar-refractivity contribution in [2.24, 2.45) is 11.8 Å². The van der Waals surface area contributed by atoms with E-state index in [1.165, 1.54) is 33.7 Å². The van der Waals surface area contributed by atoms with Gasteiger partial charge in [0.15, 0.2) is 0 Å². The first-order chi connectivity index (χ1) is 15.2. The molecule has 2 aliphatic heterocycles. The smallest absolute Gasteiger partial charge is 0.330 e. The minimum atomic E-state index is -0.483. The van der Waals surface area contributed by atoms with Crippen LogP contribution in [0.1, 0.15) is 39.1 Å². The minimum Gasteiger partial charge on any atom is -0.394 e. The first-order valence-corrected chi connectivity index (χ1v) is 10.4. The molecule has 4 rings (SSSR count). The number of aromatic amines is 2. The van der Waals surface area contributed by atoms with Crippen molar-refractivity contribution in [1.29, 1.82) is 0 Å². The summed E-state index contributed by atoms with van der Waals surface area (Å²) in [5, 5.41) is 18.1. The van der Waals surface area contributed by atoms with E-state index in [1.54, 1.807) is 0 Å². The first kappa shape index (κ1) is 23.9. The average Bonchev–Trinajstić information content (AvgIpc) is 3.30. The van der Waals surface area contributed by atoms with E-state index in [9.17, 15) is 19.2 Å². The van der Waals surface area contributed by atoms with Gasteiger partial charge >= 0.3 is 11.4 Å². The van der Waals surface area contributed by atoms with Crippen LogP contribution < -0.4 is 22.5 Å². The summed E-state index contributed by atoms with van der Waals surface area (Å²) in [4.78, 5) is 49.1. The zero-order valence-corrected chi connectivity index (χ0v) is 17.8. The Bertz CT molecular complexity index is 1050. The van der Waals surface area contributed by atoms with Crippen LogP contribution in [0.25, 0.3) is 0 Å². The van der Waals surface area contributed by atoms with Crippen molar-refractivity contribution in [3.8, 4) is 0 Å². The second kappa shape index (κ2) is 10.2. The zero-order valence-electron chi connectivity index (χ0n) is 17.8. The fraction of sp³-hybridized carbons (Fsp3) is 0.600. The van der Waals surface area contributed by atoms with E-state index in [-0.39, 0.29) is 37.3 Å². The number of aliphatic hydroxyl groups is 2. The molecule has 0 spiro atoms. The van der Waals surface area contributed by atoms with E-state index in [0.29, 0.717) is 12.8 Å². The molecule has 2 aromatic heterocycles. The Morgan fingerprint density at radius 1 is 0.812 bits per heavy atom. The number of ether oxygens (including phenoxy) is 2. The van der Waals surface area contributed by atoms with Gasteiger partial charge in [-0.3, -0.25) is 28.7 Å². The van der Waals surface area contributed by atoms with Gasteiger partial charge in [-0.15, -0.1) is 0 Å². The highest BCUT2D eigenvalue weighted by Gasteiger charge is 2.34. The van der Waals surface area contributed by atoms with Crippen LogP contribution in [-0.2, 0) is 9.47 Å². The summed E-state index contributed by atoms with van der Waals surface area (Å²) < 4.78 is 13.7. The second-order valence-electron chi connectivity index (χ2n) is 8.08. The maximum Gasteiger partial charge on any atom is 0.330 e. The zero-order chi connectivity index (χ0) is 23.4. The lowest BCUT2D eigenvalue weighted by atomic mass is 10.0. The standard InChI is InChI=1S/2C10H14N2O4/c2*1-6-4-9(16-7(6)5-13)12-3-2-8(14)11-10(12)15/h2*2-3,6-7,9,13H,4-5H2,1H3,(H,11,14,15)/t6-,7+,9+;6-,7+,9-/m00/s1. The fourth-order valence-electron chi connectivity index (χ4n) is 3.83. The third-order valence-electron chi connectivity index (χ3n) is 5.76. The average molecular weight is 452 g/mol. The van der Waals surface area contributed by atoms with Crippen LogP contribution in [0.4, 0.5) is 0 Å². The Kier molecular flexibility index (Phi) is 7.61. The lowest BCUT2D eigenvalue weighted by molar-refractivity contribution is -0.0313. The lowest BCUT2D eigenvalue weighted by Gasteiger charge is -2.14. The number of H-pyrrole nitrogens is 2. The normalized spacial score (nSPS) is 29.5. The summed E-state index contributed by atoms with van der Waals surface area (Å²) in [5.74, 6) is 0.377. The van der Waals surface area contributed by atoms with E-state index >= 15 is 0 Å². The molecule has 6 atom stereocenters. The molecule has 0 aromatic carbocycles. The Labute approximate surface area is 182 Å². The lowest BCUT2D eigenvalue weighted by Crippen LogP contribution is -2.31. The molecule has 32 heavy (non-hydrogen) atoms. The third-order valence-corrected chi connectivity index (χ3v) is 5.76. The molecule has 2 saturated heterocycles. The Morgan fingerprint density at radius 3 is 1.47 bits per heavy atom. The van der Waals surface area contributed by atoms with Crippen molar-refractivity contribution in [2.75, 3.05) is 13.2 Å². The van der Waals surface area contributed by atoms with E-state index < -0.39 is 35.0 Å². The van der Waals surface area contributed by atoms with Gasteiger partial charge in [0.25, 0.3) is 11.1 Å². The second-order valence-corrected chi connectivity index (χ2v) is 8.08. The van der Waals surface area contributed by atoms with E-state index in [2.05, 4.69) is 9.97 Å². The predicted octanol–water partition coefficient (Wildman–Crippen LogP) is -1.09. The molecule has 12 nitrogen and oxygen atoms in total. The van der Waals surface area contributed by atoms with Crippen molar-refractivity contribution >= 4 is 0 Å². The molecule has 0 radical (unpaired) electrons. The Morgan fingerprint density at radius 2 is 1.19 bits per heavy atom. The fourth-order valence-corrected chi connectivity index (χ4v) is 3.83. The molecule has 2 fully saturated rings. The molecule has 0 unspecified atom stereocenters. The van der Waals surface area contributed by atoms with Crippen molar-refractivity contribution in [3.05, 3.63) is 66.2 Å². The summed E-state index contributed by atoms with van der Waals surface area (Å²) in [6.45, 7) is 3.79. The molecular formula is C20H28N4O8. The number of hydrogen-bond donors (Lipinski definition) is 4. The van der Waals surface area contributed by atoms with Crippen LogP contribution in [0.2, 0.25) is 0 Å². The van der Waals surface area contributed by atoms with Gasteiger partial charge < -0.3 is 19.7 Å². The van der Waals surface area contributed by atoms with E-state index in [4.69, 9.17) is 19.7 Å². The summed E-state index contributed by atoms with van der Waals surface area (Å²) in [6.07, 6.45) is 2.82. The largest absolute Gasteiger partial charge is 0.394 e. The predicted molar refractivity (Wildman–Crippen MR) is 112 cm³/mol. The molecule has 4 N–H and O–H groups in total. The molecular weight excluding hydrogens is 424 g/mol. The van der Waals surface area contributed by atoms with Gasteiger partial charge in [0, 0.05) is 24.5 Å². The number of nitrogens with zero attached hydrogens (tertiary/aromatic N) is 2. The molecule has 176 valence electrons. The number of hydrogen-bond acceptors (Lipinski definition) is 8. The summed E-state index contributed by atoms with van der Waals surface area (Å²) in [7, 11) is 0. The first-order valence-electron chi connectivity index (χ1n) is 10.4. The van der Waals surface area contributed by atoms with Crippen LogP contribution in [0.15, 0.2) is 43.7 Å². The van der Waals surface area contributed by atoms with Gasteiger partial charge in [-0.05, 0) is 24.7 Å². The third kappa shape index (κ3) is 5.33. The Hall–Kier alpha value is -2.80. The summed E-state index contributed by atoms with van der Waals surface area (Å²) in [5.41, 5.74) is -1.82. The van der Waals surface area contributed by atoms with Gasteiger partial charge in [0.05, 0.1) is 25.4 Å². The maximum atomic E-state index is 11.5. The molecule has 4 heterocycles. The maximum absolute atomic E-state index is 11.5. The van der Waals surface area contributed by atoms with Crippen LogP contribution in [0.5, 0.6) is 0 Å². The van der Waals surface area contributed by atoms with Crippen molar-refractivity contribution < 1.29 is 19.7 Å². The van der Waals surface area contributed by atoms with Gasteiger partial charge in [0.2, 0.25) is 0 Å². The van der Waals surface area contributed by atoms with Crippen LogP contribution in [0, 0.1) is 11.8 Å². The minimum absolute atomic E-state index is 0.0598. The summed E-state index contributed by atoms with van der Waals surface area (Å²) in [6, 6.07) is 2.56. The van der Waals surface area contributed by atoms with Gasteiger partial charge in [-0.2, -0.15) is 0 Å². The van der Waals surface area contributed by atoms with Crippen molar-refractivity contribution in [3.63, 3.8) is 0 Å². The van der Waals surface area contributed by atoms with Crippen LogP contribution in [0.3, 0.4) is 0 Å². The summed E-state index contributed by atoms with van der Waals surface area (Å²) >= 11 is 0. The molecule has 2 aromatic rings. The number of aliphatic hydroxyl groups excluding tert-OH is 2. The van der Waals surface area contributed by atoms with E-state index in [1.807, 2.05) is 13.8 Å². The quantitative estimate of drug-likeness (QED) is 0.453. The van der Waals surface area contributed by atoms with Gasteiger partial charge in [0.1, 0.15) is 12.5 Å². The van der Waals surface area contributed by atoms with E-state index in [0.717, 1.165) is 0 Å². The van der Waals surface area contributed by atoms with Crippen molar-refractivity contribution in [2.45, 2.75) is 51.4 Å². The monoisotopic (exact) mass is 452 g/mol. The molecule has 12 heteroatoms. The topological polar surface area (TPSA) is 169 Å². The van der Waals surface area contributed by atoms with Gasteiger partial charge in [-0.1, -0.05) is 13.8 Å². The molecule has 0 saturated carbocycles. The molecule has 0 amide bonds. The Balaban J connectivity index is 0.000000181. The number of nitrogens with one attached hydrogen (secondary N) is 2. The van der Waals surface area contributed by atoms with Crippen molar-refractivity contribution in [1.82, 2.24) is 19.1 Å². The molecule has 2 aliphatic rings. The highest BCUT2D eigenvalue weighted by atomic mass is 16.5. The molecule has 0 aliphatic carbocycles. The number of rotatable bonds is 4. The highest BCUT2D eigenvalue weighted by molar-refractivity contribution is 4.88. The molecule has 0 bridgehead atoms. The van der Waals surface area contributed by atoms with Crippen LogP contribution in [-0.4, -0.2) is 54.7 Å². The number of aromatic nitrogens is 4. The van der Waals surface area contributed by atoms with Crippen LogP contribution >= 0.6 is 0 Å². The van der Waals surface area contributed by atoms with Gasteiger partial charge in [-0.25, -0.2) is 9.59 Å².